The molecule has 0 saturated carbocycles. The maximum absolute atomic E-state index is 9.97. The average Bonchev–Trinajstić information content (AvgIpc) is 1.63. The van der Waals surface area contributed by atoms with E-state index in [2.05, 4.69) is 0 Å². The quantitative estimate of drug-likeness (QED) is 0.366. The van der Waals surface area contributed by atoms with Gasteiger partial charge in [0.2, 0.25) is 0 Å². The third kappa shape index (κ3) is 4.72. The molecule has 0 atom stereocenters. The van der Waals surface area contributed by atoms with Crippen LogP contribution >= 0.6 is 0 Å². The third-order valence-corrected chi connectivity index (χ3v) is 0.550. The van der Waals surface area contributed by atoms with Crippen LogP contribution in [0.1, 0.15) is 6.42 Å². The van der Waals surface area contributed by atoms with Gasteiger partial charge in [-0.15, -0.1) is 0 Å². The van der Waals surface area contributed by atoms with Crippen LogP contribution in [0.3, 0.4) is 0 Å². The van der Waals surface area contributed by atoms with Gasteiger partial charge in [-0.3, -0.25) is 9.59 Å². The molecule has 0 aliphatic rings. The molecule has 0 aromatic carbocycles. The molecular weight excluding hydrogens is 144 g/mol. The summed E-state index contributed by atoms with van der Waals surface area (Å²) in [5.74, 6) is -4.44. The van der Waals surface area contributed by atoms with Crippen molar-refractivity contribution in [1.29, 1.82) is 0 Å². The number of rotatable bonds is 3. The molecule has 0 aliphatic heterocycles. The van der Waals surface area contributed by atoms with Crippen LogP contribution in [0.2, 0.25) is 0 Å². The lowest BCUT2D eigenvalue weighted by Crippen LogP contribution is -2.16. The lowest BCUT2D eigenvalue weighted by molar-refractivity contribution is -0.152. The number of carbonyl (C=O) groups excluding carboxylic acids is 1. The van der Waals surface area contributed by atoms with Crippen LogP contribution in [0.4, 0.5) is 0 Å². The van der Waals surface area contributed by atoms with Crippen molar-refractivity contribution in [2.45, 2.75) is 6.42 Å². The second-order valence-electron chi connectivity index (χ2n) is 1.30. The summed E-state index contributed by atoms with van der Waals surface area (Å²) in [6, 6.07) is 0. The van der Waals surface area contributed by atoms with E-state index in [0.29, 0.717) is 0 Å². The molecule has 0 unspecified atom stereocenters. The van der Waals surface area contributed by atoms with E-state index in [1.165, 1.54) is 0 Å². The van der Waals surface area contributed by atoms with Crippen LogP contribution in [0.5, 0.6) is 0 Å². The van der Waals surface area contributed by atoms with E-state index in [9.17, 15) is 14.4 Å². The molecular formula is C4H6O6. The Balaban J connectivity index is 0. The summed E-state index contributed by atoms with van der Waals surface area (Å²) in [4.78, 5) is 29.2. The van der Waals surface area contributed by atoms with Crippen LogP contribution in [-0.4, -0.2) is 33.4 Å². The summed E-state index contributed by atoms with van der Waals surface area (Å²) in [5, 5.41) is 15.7. The number of hydrogen-bond acceptors (Lipinski definition) is 3. The van der Waals surface area contributed by atoms with Crippen molar-refractivity contribution in [1.82, 2.24) is 0 Å². The zero-order valence-electron chi connectivity index (χ0n) is 4.83. The summed E-state index contributed by atoms with van der Waals surface area (Å²) < 4.78 is 0. The van der Waals surface area contributed by atoms with E-state index in [1.807, 2.05) is 0 Å². The SMILES string of the molecule is O.O=C(O)CC(=O)C(=O)O. The predicted octanol–water partition coefficient (Wildman–Crippen LogP) is -1.71. The highest BCUT2D eigenvalue weighted by molar-refractivity contribution is 6.35. The van der Waals surface area contributed by atoms with Gasteiger partial charge in [0.1, 0.15) is 6.42 Å². The zero-order chi connectivity index (χ0) is 7.44. The minimum absolute atomic E-state index is 0. The van der Waals surface area contributed by atoms with Crippen molar-refractivity contribution in [2.75, 3.05) is 0 Å². The molecule has 0 rings (SSSR count). The van der Waals surface area contributed by atoms with Crippen LogP contribution in [0.25, 0.3) is 0 Å². The first-order valence-corrected chi connectivity index (χ1v) is 2.02. The first-order valence-electron chi connectivity index (χ1n) is 2.02. The Kier molecular flexibility index (Phi) is 5.06. The van der Waals surface area contributed by atoms with Crippen LogP contribution in [0, 0.1) is 0 Å². The summed E-state index contributed by atoms with van der Waals surface area (Å²) in [6.45, 7) is 0. The fourth-order valence-electron chi connectivity index (χ4n) is 0.213. The number of carboxylic acid groups (broad SMARTS) is 2. The molecule has 58 valence electrons. The highest BCUT2D eigenvalue weighted by atomic mass is 16.4. The van der Waals surface area contributed by atoms with E-state index in [-0.39, 0.29) is 5.48 Å². The fraction of sp³-hybridized carbons (Fsp3) is 0.250. The Morgan fingerprint density at radius 2 is 1.50 bits per heavy atom. The van der Waals surface area contributed by atoms with E-state index in [4.69, 9.17) is 10.2 Å². The first-order chi connectivity index (χ1) is 4.04. The molecule has 0 aromatic heterocycles. The topological polar surface area (TPSA) is 123 Å². The maximum atomic E-state index is 9.97. The van der Waals surface area contributed by atoms with Crippen molar-refractivity contribution in [3.8, 4) is 0 Å². The minimum atomic E-state index is -1.71. The van der Waals surface area contributed by atoms with Crippen LogP contribution in [0.15, 0.2) is 0 Å². The average molecular weight is 150 g/mol. The zero-order valence-corrected chi connectivity index (χ0v) is 4.83. The molecule has 10 heavy (non-hydrogen) atoms. The highest BCUT2D eigenvalue weighted by Crippen LogP contribution is 1.81. The van der Waals surface area contributed by atoms with Crippen molar-refractivity contribution < 1.29 is 30.1 Å². The molecule has 6 heteroatoms. The summed E-state index contributed by atoms with van der Waals surface area (Å²) in [7, 11) is 0. The van der Waals surface area contributed by atoms with E-state index >= 15 is 0 Å². The van der Waals surface area contributed by atoms with E-state index in [1.54, 1.807) is 0 Å². The lowest BCUT2D eigenvalue weighted by atomic mass is 10.3. The van der Waals surface area contributed by atoms with Crippen molar-refractivity contribution in [3.63, 3.8) is 0 Å². The third-order valence-electron chi connectivity index (χ3n) is 0.550. The number of ketones is 1. The first kappa shape index (κ1) is 11.4. The molecule has 4 N–H and O–H groups in total. The molecule has 0 aliphatic carbocycles. The number of Topliss-reactive ketones (excluding diaryl/α,β-unsaturated/α-hetero) is 1. The normalized spacial score (nSPS) is 7.60. The van der Waals surface area contributed by atoms with E-state index in [0.717, 1.165) is 0 Å². The molecule has 6 nitrogen and oxygen atoms in total. The second-order valence-corrected chi connectivity index (χ2v) is 1.30. The number of hydrogen-bond donors (Lipinski definition) is 2. The summed E-state index contributed by atoms with van der Waals surface area (Å²) in [5.41, 5.74) is 0. The van der Waals surface area contributed by atoms with Gasteiger partial charge >= 0.3 is 11.9 Å². The maximum Gasteiger partial charge on any atom is 0.372 e. The van der Waals surface area contributed by atoms with Gasteiger partial charge in [0.05, 0.1) is 0 Å². The largest absolute Gasteiger partial charge is 0.481 e. The molecule has 0 radical (unpaired) electrons. The minimum Gasteiger partial charge on any atom is -0.481 e. The van der Waals surface area contributed by atoms with Gasteiger partial charge in [-0.05, 0) is 0 Å². The second kappa shape index (κ2) is 4.45. The highest BCUT2D eigenvalue weighted by Gasteiger charge is 2.14. The van der Waals surface area contributed by atoms with Crippen LogP contribution in [-0.2, 0) is 14.4 Å². The summed E-state index contributed by atoms with van der Waals surface area (Å²) in [6.07, 6.45) is -0.949. The fourth-order valence-corrected chi connectivity index (χ4v) is 0.213. The van der Waals surface area contributed by atoms with Crippen molar-refractivity contribution >= 4 is 17.7 Å². The van der Waals surface area contributed by atoms with Gasteiger partial charge in [0.15, 0.2) is 0 Å². The molecule has 0 fully saturated rings. The van der Waals surface area contributed by atoms with Gasteiger partial charge in [0, 0.05) is 0 Å². The van der Waals surface area contributed by atoms with Gasteiger partial charge in [-0.1, -0.05) is 0 Å². The van der Waals surface area contributed by atoms with Gasteiger partial charge in [-0.25, -0.2) is 4.79 Å². The Hall–Kier alpha value is -1.43. The predicted molar refractivity (Wildman–Crippen MR) is 28.5 cm³/mol. The summed E-state index contributed by atoms with van der Waals surface area (Å²) >= 11 is 0. The van der Waals surface area contributed by atoms with E-state index < -0.39 is 24.1 Å². The van der Waals surface area contributed by atoms with Crippen molar-refractivity contribution in [3.05, 3.63) is 0 Å². The standard InChI is InChI=1S/C4H4O5.H2O/c5-2(4(8)9)1-3(6)7;/h1H2,(H,6,7)(H,8,9);1H2. The molecule has 0 amide bonds. The van der Waals surface area contributed by atoms with Crippen molar-refractivity contribution in [2.24, 2.45) is 0 Å². The molecule has 0 aromatic rings. The lowest BCUT2D eigenvalue weighted by Gasteiger charge is -1.85. The molecule has 0 saturated heterocycles. The Labute approximate surface area is 55.4 Å². The molecule has 0 spiro atoms. The Morgan fingerprint density at radius 3 is 1.60 bits per heavy atom. The van der Waals surface area contributed by atoms with Crippen LogP contribution < -0.4 is 0 Å². The van der Waals surface area contributed by atoms with Gasteiger partial charge in [-0.2, -0.15) is 0 Å². The smallest absolute Gasteiger partial charge is 0.372 e. The van der Waals surface area contributed by atoms with Gasteiger partial charge in [0.25, 0.3) is 5.78 Å². The Morgan fingerprint density at radius 1 is 1.10 bits per heavy atom. The number of carbonyl (C=O) groups is 3. The molecule has 0 bridgehead atoms. The van der Waals surface area contributed by atoms with Gasteiger partial charge < -0.3 is 15.7 Å². The molecule has 0 heterocycles. The number of aliphatic carboxylic acids is 2. The Bertz CT molecular complexity index is 159. The number of carboxylic acids is 2. The monoisotopic (exact) mass is 150 g/mol.